The Morgan fingerprint density at radius 2 is 2.00 bits per heavy atom. The zero-order valence-electron chi connectivity index (χ0n) is 10.4. The van der Waals surface area contributed by atoms with Crippen LogP contribution in [0.5, 0.6) is 0 Å². The van der Waals surface area contributed by atoms with Crippen LogP contribution in [0, 0.1) is 17.0 Å². The van der Waals surface area contributed by atoms with Crippen LogP contribution in [0.4, 0.5) is 14.5 Å². The Hall–Kier alpha value is -2.05. The standard InChI is InChI=1S/C12H13F2N5/c1-12(2-3-12)6-19-11(16-17-18-19)7-4-8(13)9(14)5-10(7)15/h4-5H,2-3,6,15H2,1H3. The molecule has 1 aliphatic rings. The lowest BCUT2D eigenvalue weighted by Crippen LogP contribution is -2.12. The molecule has 0 saturated heterocycles. The lowest BCUT2D eigenvalue weighted by Gasteiger charge is -2.11. The first kappa shape index (κ1) is 12.0. The summed E-state index contributed by atoms with van der Waals surface area (Å²) in [5.41, 5.74) is 6.34. The van der Waals surface area contributed by atoms with Crippen molar-refractivity contribution in [2.75, 3.05) is 5.73 Å². The van der Waals surface area contributed by atoms with E-state index in [-0.39, 0.29) is 11.1 Å². The van der Waals surface area contributed by atoms with Crippen LogP contribution in [0.15, 0.2) is 12.1 Å². The smallest absolute Gasteiger partial charge is 0.184 e. The summed E-state index contributed by atoms with van der Waals surface area (Å²) in [5, 5.41) is 11.4. The number of tetrazole rings is 1. The van der Waals surface area contributed by atoms with Crippen LogP contribution in [0.2, 0.25) is 0 Å². The van der Waals surface area contributed by atoms with Gasteiger partial charge in [0.05, 0.1) is 6.54 Å². The molecular formula is C12H13F2N5. The number of rotatable bonds is 3. The zero-order chi connectivity index (χ0) is 13.6. The van der Waals surface area contributed by atoms with Gasteiger partial charge in [0.25, 0.3) is 0 Å². The molecule has 5 nitrogen and oxygen atoms in total. The molecule has 3 rings (SSSR count). The van der Waals surface area contributed by atoms with E-state index in [1.165, 1.54) is 0 Å². The average molecular weight is 265 g/mol. The van der Waals surface area contributed by atoms with Gasteiger partial charge in [0, 0.05) is 17.3 Å². The summed E-state index contributed by atoms with van der Waals surface area (Å²) in [6.07, 6.45) is 2.22. The van der Waals surface area contributed by atoms with Crippen LogP contribution in [-0.4, -0.2) is 20.2 Å². The lowest BCUT2D eigenvalue weighted by molar-refractivity contribution is 0.427. The van der Waals surface area contributed by atoms with Crippen LogP contribution >= 0.6 is 0 Å². The van der Waals surface area contributed by atoms with Crippen molar-refractivity contribution in [3.05, 3.63) is 23.8 Å². The van der Waals surface area contributed by atoms with Crippen LogP contribution in [-0.2, 0) is 6.54 Å². The van der Waals surface area contributed by atoms with E-state index in [2.05, 4.69) is 22.4 Å². The van der Waals surface area contributed by atoms with Crippen molar-refractivity contribution in [2.45, 2.75) is 26.3 Å². The number of nitrogens with zero attached hydrogens (tertiary/aromatic N) is 4. The highest BCUT2D eigenvalue weighted by atomic mass is 19.2. The van der Waals surface area contributed by atoms with E-state index >= 15 is 0 Å². The van der Waals surface area contributed by atoms with Crippen LogP contribution < -0.4 is 5.73 Å². The van der Waals surface area contributed by atoms with Gasteiger partial charge in [0.1, 0.15) is 0 Å². The molecule has 1 fully saturated rings. The third kappa shape index (κ3) is 2.16. The van der Waals surface area contributed by atoms with Crippen molar-refractivity contribution in [3.63, 3.8) is 0 Å². The molecule has 1 aromatic heterocycles. The van der Waals surface area contributed by atoms with E-state index in [9.17, 15) is 8.78 Å². The van der Waals surface area contributed by atoms with E-state index in [0.717, 1.165) is 25.0 Å². The molecule has 19 heavy (non-hydrogen) atoms. The van der Waals surface area contributed by atoms with Crippen molar-refractivity contribution in [2.24, 2.45) is 5.41 Å². The first-order valence-corrected chi connectivity index (χ1v) is 6.00. The van der Waals surface area contributed by atoms with Crippen LogP contribution in [0.3, 0.4) is 0 Å². The zero-order valence-corrected chi connectivity index (χ0v) is 10.4. The average Bonchev–Trinajstić information content (AvgIpc) is 2.89. The fourth-order valence-electron chi connectivity index (χ4n) is 1.99. The summed E-state index contributed by atoms with van der Waals surface area (Å²) in [6.45, 7) is 2.78. The fourth-order valence-corrected chi connectivity index (χ4v) is 1.99. The topological polar surface area (TPSA) is 69.6 Å². The molecule has 1 aromatic carbocycles. The molecule has 0 radical (unpaired) electrons. The second-order valence-corrected chi connectivity index (χ2v) is 5.32. The fraction of sp³-hybridized carbons (Fsp3) is 0.417. The SMILES string of the molecule is CC1(Cn2nnnc2-c2cc(F)c(F)cc2N)CC1. The van der Waals surface area contributed by atoms with Crippen LogP contribution in [0.25, 0.3) is 11.4 Å². The number of aromatic nitrogens is 4. The Labute approximate surface area is 108 Å². The Morgan fingerprint density at radius 1 is 1.32 bits per heavy atom. The van der Waals surface area contributed by atoms with Gasteiger partial charge in [-0.3, -0.25) is 0 Å². The van der Waals surface area contributed by atoms with Gasteiger partial charge in [-0.05, 0) is 34.7 Å². The minimum absolute atomic E-state index is 0.121. The third-order valence-corrected chi connectivity index (χ3v) is 3.50. The molecule has 0 aliphatic heterocycles. The van der Waals surface area contributed by atoms with Gasteiger partial charge < -0.3 is 5.73 Å². The number of benzene rings is 1. The minimum atomic E-state index is -0.977. The van der Waals surface area contributed by atoms with Gasteiger partial charge in [-0.1, -0.05) is 6.92 Å². The summed E-state index contributed by atoms with van der Waals surface area (Å²) >= 11 is 0. The predicted octanol–water partition coefficient (Wildman–Crippen LogP) is 2.00. The minimum Gasteiger partial charge on any atom is -0.398 e. The maximum atomic E-state index is 13.3. The lowest BCUT2D eigenvalue weighted by atomic mass is 10.1. The van der Waals surface area contributed by atoms with Gasteiger partial charge in [-0.2, -0.15) is 0 Å². The van der Waals surface area contributed by atoms with Gasteiger partial charge >= 0.3 is 0 Å². The van der Waals surface area contributed by atoms with E-state index in [1.54, 1.807) is 4.68 Å². The number of anilines is 1. The highest BCUT2D eigenvalue weighted by Crippen LogP contribution is 2.46. The molecule has 0 atom stereocenters. The third-order valence-electron chi connectivity index (χ3n) is 3.50. The summed E-state index contributed by atoms with van der Waals surface area (Å²) in [7, 11) is 0. The quantitative estimate of drug-likeness (QED) is 0.862. The van der Waals surface area contributed by atoms with Gasteiger partial charge in [-0.15, -0.1) is 5.10 Å². The summed E-state index contributed by atoms with van der Waals surface area (Å²) < 4.78 is 28.0. The first-order valence-electron chi connectivity index (χ1n) is 6.00. The summed E-state index contributed by atoms with van der Waals surface area (Å²) in [6, 6.07) is 1.98. The summed E-state index contributed by atoms with van der Waals surface area (Å²) in [5.74, 6) is -1.57. The number of hydrogen-bond donors (Lipinski definition) is 1. The summed E-state index contributed by atoms with van der Waals surface area (Å²) in [4.78, 5) is 0. The highest BCUT2D eigenvalue weighted by Gasteiger charge is 2.38. The molecule has 2 N–H and O–H groups in total. The monoisotopic (exact) mass is 265 g/mol. The maximum Gasteiger partial charge on any atom is 0.184 e. The van der Waals surface area contributed by atoms with Gasteiger partial charge in [-0.25, -0.2) is 13.5 Å². The molecule has 1 heterocycles. The molecule has 0 bridgehead atoms. The van der Waals surface area contributed by atoms with Crippen molar-refractivity contribution in [3.8, 4) is 11.4 Å². The van der Waals surface area contributed by atoms with E-state index < -0.39 is 11.6 Å². The number of nitrogens with two attached hydrogens (primary N) is 1. The van der Waals surface area contributed by atoms with Crippen molar-refractivity contribution in [1.29, 1.82) is 0 Å². The molecule has 0 unspecified atom stereocenters. The Bertz CT molecular complexity index is 633. The Kier molecular flexibility index (Phi) is 2.51. The molecular weight excluding hydrogens is 252 g/mol. The number of hydrogen-bond acceptors (Lipinski definition) is 4. The number of nitrogen functional groups attached to an aromatic ring is 1. The van der Waals surface area contributed by atoms with E-state index in [4.69, 9.17) is 5.73 Å². The Balaban J connectivity index is 2.02. The van der Waals surface area contributed by atoms with Crippen molar-refractivity contribution >= 4 is 5.69 Å². The first-order chi connectivity index (χ1) is 8.98. The van der Waals surface area contributed by atoms with E-state index in [0.29, 0.717) is 17.9 Å². The van der Waals surface area contributed by atoms with Crippen molar-refractivity contribution in [1.82, 2.24) is 20.2 Å². The molecule has 2 aromatic rings. The Morgan fingerprint density at radius 3 is 2.68 bits per heavy atom. The number of halogens is 2. The van der Waals surface area contributed by atoms with Gasteiger partial charge in [0.15, 0.2) is 17.5 Å². The van der Waals surface area contributed by atoms with Crippen molar-refractivity contribution < 1.29 is 8.78 Å². The molecule has 0 spiro atoms. The maximum absolute atomic E-state index is 13.3. The molecule has 7 heteroatoms. The molecule has 100 valence electrons. The largest absolute Gasteiger partial charge is 0.398 e. The van der Waals surface area contributed by atoms with E-state index in [1.807, 2.05) is 0 Å². The molecule has 1 aliphatic carbocycles. The highest BCUT2D eigenvalue weighted by molar-refractivity contribution is 5.71. The molecule has 0 amide bonds. The predicted molar refractivity (Wildman–Crippen MR) is 64.9 cm³/mol. The van der Waals surface area contributed by atoms with Crippen LogP contribution in [0.1, 0.15) is 19.8 Å². The second-order valence-electron chi connectivity index (χ2n) is 5.32. The second kappa shape index (κ2) is 3.97. The van der Waals surface area contributed by atoms with Gasteiger partial charge in [0.2, 0.25) is 0 Å². The molecule has 1 saturated carbocycles. The normalized spacial score (nSPS) is 16.6.